The number of hydrogen-bond acceptors (Lipinski definition) is 4. The SMILES string of the molecule is CCc1cc(C(N)=O)c(O)c([N+](=O)[O-])c1CC. The van der Waals surface area contributed by atoms with Gasteiger partial charge in [0.2, 0.25) is 5.75 Å². The Morgan fingerprint density at radius 2 is 2.06 bits per heavy atom. The lowest BCUT2D eigenvalue weighted by Crippen LogP contribution is -2.13. The second kappa shape index (κ2) is 4.82. The van der Waals surface area contributed by atoms with Crippen molar-refractivity contribution in [1.29, 1.82) is 0 Å². The molecular formula is C11H14N2O4. The summed E-state index contributed by atoms with van der Waals surface area (Å²) in [6, 6.07) is 1.42. The zero-order chi connectivity index (χ0) is 13.2. The summed E-state index contributed by atoms with van der Waals surface area (Å²) in [5.41, 5.74) is 5.56. The maximum atomic E-state index is 11.1. The van der Waals surface area contributed by atoms with Gasteiger partial charge in [-0.3, -0.25) is 14.9 Å². The van der Waals surface area contributed by atoms with Gasteiger partial charge in [0.05, 0.1) is 10.5 Å². The number of benzene rings is 1. The first-order valence-corrected chi connectivity index (χ1v) is 5.25. The molecule has 0 aliphatic heterocycles. The van der Waals surface area contributed by atoms with Gasteiger partial charge in [0, 0.05) is 5.56 Å². The van der Waals surface area contributed by atoms with Crippen LogP contribution in [0, 0.1) is 10.1 Å². The van der Waals surface area contributed by atoms with Crippen molar-refractivity contribution in [2.75, 3.05) is 0 Å². The van der Waals surface area contributed by atoms with Crippen LogP contribution in [-0.4, -0.2) is 15.9 Å². The number of primary amides is 1. The highest BCUT2D eigenvalue weighted by Gasteiger charge is 2.26. The fraction of sp³-hybridized carbons (Fsp3) is 0.364. The topological polar surface area (TPSA) is 106 Å². The van der Waals surface area contributed by atoms with Gasteiger partial charge in [-0.15, -0.1) is 0 Å². The molecule has 1 rings (SSSR count). The van der Waals surface area contributed by atoms with Crippen molar-refractivity contribution >= 4 is 11.6 Å². The number of aromatic hydroxyl groups is 1. The summed E-state index contributed by atoms with van der Waals surface area (Å²) in [6.45, 7) is 3.57. The monoisotopic (exact) mass is 238 g/mol. The summed E-state index contributed by atoms with van der Waals surface area (Å²) in [6.07, 6.45) is 0.941. The van der Waals surface area contributed by atoms with Crippen LogP contribution in [0.3, 0.4) is 0 Å². The average molecular weight is 238 g/mol. The van der Waals surface area contributed by atoms with E-state index >= 15 is 0 Å². The number of aryl methyl sites for hydroxylation is 1. The molecule has 1 aromatic carbocycles. The molecule has 0 unspecified atom stereocenters. The normalized spacial score (nSPS) is 10.2. The molecule has 0 aliphatic carbocycles. The van der Waals surface area contributed by atoms with E-state index < -0.39 is 22.3 Å². The molecule has 0 saturated heterocycles. The predicted octanol–water partition coefficient (Wildman–Crippen LogP) is 1.52. The molecule has 6 heteroatoms. The molecule has 0 aromatic heterocycles. The van der Waals surface area contributed by atoms with Crippen molar-refractivity contribution in [3.63, 3.8) is 0 Å². The van der Waals surface area contributed by atoms with E-state index in [1.165, 1.54) is 6.07 Å². The van der Waals surface area contributed by atoms with Crippen LogP contribution >= 0.6 is 0 Å². The Hall–Kier alpha value is -2.11. The molecule has 1 aromatic rings. The van der Waals surface area contributed by atoms with Crippen molar-refractivity contribution in [3.05, 3.63) is 32.9 Å². The van der Waals surface area contributed by atoms with Gasteiger partial charge < -0.3 is 10.8 Å². The van der Waals surface area contributed by atoms with E-state index in [2.05, 4.69) is 0 Å². The number of amides is 1. The van der Waals surface area contributed by atoms with E-state index in [9.17, 15) is 20.0 Å². The third-order valence-corrected chi connectivity index (χ3v) is 2.65. The van der Waals surface area contributed by atoms with E-state index in [4.69, 9.17) is 5.73 Å². The van der Waals surface area contributed by atoms with Gasteiger partial charge in [0.1, 0.15) is 0 Å². The summed E-state index contributed by atoms with van der Waals surface area (Å²) in [4.78, 5) is 21.4. The summed E-state index contributed by atoms with van der Waals surface area (Å²) in [5.74, 6) is -1.51. The number of hydrogen-bond donors (Lipinski definition) is 2. The van der Waals surface area contributed by atoms with Gasteiger partial charge >= 0.3 is 5.69 Å². The molecule has 6 nitrogen and oxygen atoms in total. The first-order chi connectivity index (χ1) is 7.93. The second-order valence-electron chi connectivity index (χ2n) is 3.59. The van der Waals surface area contributed by atoms with Gasteiger partial charge in [-0.05, 0) is 24.5 Å². The highest BCUT2D eigenvalue weighted by atomic mass is 16.6. The van der Waals surface area contributed by atoms with Crippen LogP contribution in [0.4, 0.5) is 5.69 Å². The minimum atomic E-state index is -0.872. The largest absolute Gasteiger partial charge is 0.502 e. The Kier molecular flexibility index (Phi) is 3.67. The summed E-state index contributed by atoms with van der Waals surface area (Å²) < 4.78 is 0. The van der Waals surface area contributed by atoms with Gasteiger partial charge in [0.15, 0.2) is 0 Å². The molecule has 0 heterocycles. The second-order valence-corrected chi connectivity index (χ2v) is 3.59. The van der Waals surface area contributed by atoms with Crippen LogP contribution in [0.2, 0.25) is 0 Å². The first-order valence-electron chi connectivity index (χ1n) is 5.25. The molecule has 0 radical (unpaired) electrons. The van der Waals surface area contributed by atoms with E-state index in [1.54, 1.807) is 6.92 Å². The van der Waals surface area contributed by atoms with Crippen molar-refractivity contribution in [2.45, 2.75) is 26.7 Å². The molecule has 17 heavy (non-hydrogen) atoms. The van der Waals surface area contributed by atoms with Gasteiger partial charge in [-0.1, -0.05) is 13.8 Å². The minimum Gasteiger partial charge on any atom is -0.502 e. The number of rotatable bonds is 4. The third-order valence-electron chi connectivity index (χ3n) is 2.65. The smallest absolute Gasteiger partial charge is 0.314 e. The van der Waals surface area contributed by atoms with E-state index in [1.807, 2.05) is 6.92 Å². The van der Waals surface area contributed by atoms with Crippen LogP contribution in [-0.2, 0) is 12.8 Å². The van der Waals surface area contributed by atoms with Crippen LogP contribution < -0.4 is 5.73 Å². The van der Waals surface area contributed by atoms with Crippen LogP contribution in [0.25, 0.3) is 0 Å². The van der Waals surface area contributed by atoms with Crippen LogP contribution in [0.15, 0.2) is 6.07 Å². The Morgan fingerprint density at radius 1 is 1.47 bits per heavy atom. The molecule has 3 N–H and O–H groups in total. The highest BCUT2D eigenvalue weighted by molar-refractivity contribution is 5.97. The molecule has 0 saturated carbocycles. The third kappa shape index (κ3) is 2.20. The van der Waals surface area contributed by atoms with E-state index in [0.29, 0.717) is 24.0 Å². The van der Waals surface area contributed by atoms with Gasteiger partial charge in [0.25, 0.3) is 5.91 Å². The van der Waals surface area contributed by atoms with Gasteiger partial charge in [-0.25, -0.2) is 0 Å². The lowest BCUT2D eigenvalue weighted by Gasteiger charge is -2.10. The van der Waals surface area contributed by atoms with Crippen molar-refractivity contribution in [1.82, 2.24) is 0 Å². The molecule has 0 aliphatic rings. The maximum Gasteiger partial charge on any atom is 0.314 e. The van der Waals surface area contributed by atoms with E-state index in [0.717, 1.165) is 0 Å². The number of nitrogens with zero attached hydrogens (tertiary/aromatic N) is 1. The lowest BCUT2D eigenvalue weighted by atomic mass is 9.96. The fourth-order valence-corrected chi connectivity index (χ4v) is 1.85. The van der Waals surface area contributed by atoms with Gasteiger partial charge in [-0.2, -0.15) is 0 Å². The Labute approximate surface area is 98.2 Å². The zero-order valence-corrected chi connectivity index (χ0v) is 9.69. The van der Waals surface area contributed by atoms with E-state index in [-0.39, 0.29) is 5.56 Å². The molecule has 0 bridgehead atoms. The number of nitro groups is 1. The molecule has 92 valence electrons. The standard InChI is InChI=1S/C11H14N2O4/c1-3-6-5-8(11(12)15)10(14)9(13(16)17)7(6)4-2/h5,14H,3-4H2,1-2H3,(H2,12,15). The molecular weight excluding hydrogens is 224 g/mol. The lowest BCUT2D eigenvalue weighted by molar-refractivity contribution is -0.386. The predicted molar refractivity (Wildman–Crippen MR) is 62.0 cm³/mol. The quantitative estimate of drug-likeness (QED) is 0.612. The number of phenols is 1. The summed E-state index contributed by atoms with van der Waals surface area (Å²) in [7, 11) is 0. The number of carbonyl (C=O) groups excluding carboxylic acids is 1. The number of nitrogens with two attached hydrogens (primary N) is 1. The molecule has 1 amide bonds. The molecule has 0 spiro atoms. The first kappa shape index (κ1) is 13.0. The number of nitro benzene ring substituents is 1. The maximum absolute atomic E-state index is 11.1. The van der Waals surface area contributed by atoms with Crippen LogP contribution in [0.1, 0.15) is 35.3 Å². The Morgan fingerprint density at radius 3 is 2.41 bits per heavy atom. The molecule has 0 atom stereocenters. The Balaban J connectivity index is 3.69. The highest BCUT2D eigenvalue weighted by Crippen LogP contribution is 2.36. The molecule has 0 fully saturated rings. The zero-order valence-electron chi connectivity index (χ0n) is 9.69. The summed E-state index contributed by atoms with van der Waals surface area (Å²) in [5, 5.41) is 20.7. The Bertz CT molecular complexity index is 483. The van der Waals surface area contributed by atoms with Crippen molar-refractivity contribution in [3.8, 4) is 5.75 Å². The summed E-state index contributed by atoms with van der Waals surface area (Å²) >= 11 is 0. The minimum absolute atomic E-state index is 0.203. The average Bonchev–Trinajstić information content (AvgIpc) is 2.26. The fourth-order valence-electron chi connectivity index (χ4n) is 1.85. The van der Waals surface area contributed by atoms with Crippen molar-refractivity contribution < 1.29 is 14.8 Å². The number of carbonyl (C=O) groups is 1. The van der Waals surface area contributed by atoms with Crippen molar-refractivity contribution in [2.24, 2.45) is 5.73 Å². The van der Waals surface area contributed by atoms with Crippen LogP contribution in [0.5, 0.6) is 5.75 Å².